The minimum atomic E-state index is 0.705. The predicted molar refractivity (Wildman–Crippen MR) is 107 cm³/mol. The van der Waals surface area contributed by atoms with E-state index in [0.29, 0.717) is 5.02 Å². The zero-order chi connectivity index (χ0) is 17.2. The average molecular weight is 431 g/mol. The fourth-order valence-corrected chi connectivity index (χ4v) is 4.13. The maximum atomic E-state index is 6.10. The molecule has 0 aliphatic heterocycles. The number of fused-ring (bicyclic) bond motifs is 1. The molecule has 124 valence electrons. The zero-order valence-corrected chi connectivity index (χ0v) is 16.2. The van der Waals surface area contributed by atoms with Crippen molar-refractivity contribution in [3.05, 3.63) is 82.0 Å². The summed E-state index contributed by atoms with van der Waals surface area (Å²) in [5.74, 6) is 0.851. The van der Waals surface area contributed by atoms with Gasteiger partial charge < -0.3 is 0 Å². The van der Waals surface area contributed by atoms with Crippen LogP contribution in [0.2, 0.25) is 5.02 Å². The van der Waals surface area contributed by atoms with Gasteiger partial charge in [-0.15, -0.1) is 0 Å². The first-order valence-electron chi connectivity index (χ1n) is 7.66. The Balaban J connectivity index is 1.66. The van der Waals surface area contributed by atoms with Gasteiger partial charge in [0.05, 0.1) is 11.2 Å². The standard InChI is InChI=1S/C19H13BrClN3S/c20-15-5-1-3-13(9-15)12-25-19-18-11-17(23-24(18)8-7-22-19)14-4-2-6-16(21)10-14/h1-11H,12H2. The van der Waals surface area contributed by atoms with Crippen LogP contribution in [0.25, 0.3) is 16.8 Å². The maximum Gasteiger partial charge on any atom is 0.122 e. The number of hydrogen-bond donors (Lipinski definition) is 0. The Bertz CT molecular complexity index is 1050. The number of halogens is 2. The summed E-state index contributed by atoms with van der Waals surface area (Å²) in [6.45, 7) is 0. The van der Waals surface area contributed by atoms with Crippen molar-refractivity contribution in [2.24, 2.45) is 0 Å². The van der Waals surface area contributed by atoms with Crippen LogP contribution in [-0.2, 0) is 5.75 Å². The second-order valence-electron chi connectivity index (χ2n) is 5.52. The SMILES string of the molecule is Clc1cccc(-c2cc3c(SCc4cccc(Br)c4)nccn3n2)c1. The van der Waals surface area contributed by atoms with Gasteiger partial charge in [0.2, 0.25) is 0 Å². The van der Waals surface area contributed by atoms with E-state index in [1.807, 2.05) is 47.1 Å². The number of hydrogen-bond acceptors (Lipinski definition) is 3. The third-order valence-corrected chi connectivity index (χ3v) is 5.53. The molecule has 0 bridgehead atoms. The van der Waals surface area contributed by atoms with Crippen LogP contribution >= 0.6 is 39.3 Å². The first kappa shape index (κ1) is 16.6. The van der Waals surface area contributed by atoms with Crippen molar-refractivity contribution in [3.63, 3.8) is 0 Å². The molecular formula is C19H13BrClN3S. The maximum absolute atomic E-state index is 6.10. The summed E-state index contributed by atoms with van der Waals surface area (Å²) in [5.41, 5.74) is 4.13. The van der Waals surface area contributed by atoms with Crippen LogP contribution < -0.4 is 0 Å². The lowest BCUT2D eigenvalue weighted by atomic mass is 10.1. The molecule has 0 aliphatic rings. The summed E-state index contributed by atoms with van der Waals surface area (Å²) in [4.78, 5) is 4.53. The smallest absolute Gasteiger partial charge is 0.122 e. The van der Waals surface area contributed by atoms with Gasteiger partial charge in [0.1, 0.15) is 5.03 Å². The summed E-state index contributed by atoms with van der Waals surface area (Å²) >= 11 is 11.3. The van der Waals surface area contributed by atoms with Crippen LogP contribution in [0.1, 0.15) is 5.56 Å². The van der Waals surface area contributed by atoms with Crippen molar-refractivity contribution >= 4 is 44.8 Å². The van der Waals surface area contributed by atoms with E-state index in [-0.39, 0.29) is 0 Å². The lowest BCUT2D eigenvalue weighted by Gasteiger charge is -2.03. The third kappa shape index (κ3) is 3.73. The molecular weight excluding hydrogens is 418 g/mol. The van der Waals surface area contributed by atoms with Crippen LogP contribution in [0.4, 0.5) is 0 Å². The van der Waals surface area contributed by atoms with Gasteiger partial charge in [0.15, 0.2) is 0 Å². The van der Waals surface area contributed by atoms with E-state index in [0.717, 1.165) is 32.0 Å². The molecule has 0 saturated heterocycles. The molecule has 0 aliphatic carbocycles. The molecule has 0 N–H and O–H groups in total. The van der Waals surface area contributed by atoms with Crippen molar-refractivity contribution in [1.29, 1.82) is 0 Å². The van der Waals surface area contributed by atoms with E-state index in [9.17, 15) is 0 Å². The number of benzene rings is 2. The molecule has 25 heavy (non-hydrogen) atoms. The zero-order valence-electron chi connectivity index (χ0n) is 13.1. The van der Waals surface area contributed by atoms with Crippen LogP contribution in [-0.4, -0.2) is 14.6 Å². The molecule has 2 aromatic carbocycles. The van der Waals surface area contributed by atoms with Gasteiger partial charge in [-0.05, 0) is 35.9 Å². The number of nitrogens with zero attached hydrogens (tertiary/aromatic N) is 3. The molecule has 3 nitrogen and oxygen atoms in total. The van der Waals surface area contributed by atoms with Crippen molar-refractivity contribution in [3.8, 4) is 11.3 Å². The molecule has 2 aromatic heterocycles. The Hall–Kier alpha value is -1.82. The van der Waals surface area contributed by atoms with Crippen molar-refractivity contribution in [1.82, 2.24) is 14.6 Å². The molecule has 6 heteroatoms. The van der Waals surface area contributed by atoms with Gasteiger partial charge >= 0.3 is 0 Å². The monoisotopic (exact) mass is 429 g/mol. The number of thioether (sulfide) groups is 1. The second-order valence-corrected chi connectivity index (χ2v) is 7.84. The van der Waals surface area contributed by atoms with Crippen molar-refractivity contribution in [2.45, 2.75) is 10.8 Å². The minimum Gasteiger partial charge on any atom is -0.246 e. The molecule has 0 amide bonds. The highest BCUT2D eigenvalue weighted by Crippen LogP contribution is 2.29. The van der Waals surface area contributed by atoms with Gasteiger partial charge in [-0.2, -0.15) is 5.10 Å². The van der Waals surface area contributed by atoms with Gasteiger partial charge in [0, 0.05) is 33.2 Å². The lowest BCUT2D eigenvalue weighted by Crippen LogP contribution is -1.91. The van der Waals surface area contributed by atoms with Crippen LogP contribution in [0.15, 0.2) is 76.5 Å². The van der Waals surface area contributed by atoms with Crippen molar-refractivity contribution < 1.29 is 0 Å². The quantitative estimate of drug-likeness (QED) is 0.366. The Morgan fingerprint density at radius 1 is 1.08 bits per heavy atom. The number of rotatable bonds is 4. The van der Waals surface area contributed by atoms with Gasteiger partial charge in [0.25, 0.3) is 0 Å². The van der Waals surface area contributed by atoms with E-state index >= 15 is 0 Å². The normalized spacial score (nSPS) is 11.1. The molecule has 2 heterocycles. The first-order chi connectivity index (χ1) is 12.2. The first-order valence-corrected chi connectivity index (χ1v) is 9.82. The van der Waals surface area contributed by atoms with Gasteiger partial charge in [-0.25, -0.2) is 9.50 Å². The minimum absolute atomic E-state index is 0.705. The topological polar surface area (TPSA) is 30.2 Å². The molecule has 0 atom stereocenters. The molecule has 0 saturated carbocycles. The number of aromatic nitrogens is 3. The Morgan fingerprint density at radius 3 is 2.80 bits per heavy atom. The van der Waals surface area contributed by atoms with E-state index in [1.165, 1.54) is 5.56 Å². The highest BCUT2D eigenvalue weighted by Gasteiger charge is 2.10. The molecule has 0 spiro atoms. The van der Waals surface area contributed by atoms with Gasteiger partial charge in [-0.1, -0.05) is 63.6 Å². The fourth-order valence-electron chi connectivity index (χ4n) is 2.58. The van der Waals surface area contributed by atoms with E-state index in [4.69, 9.17) is 11.6 Å². The Morgan fingerprint density at radius 2 is 1.96 bits per heavy atom. The Kier molecular flexibility index (Phi) is 4.79. The summed E-state index contributed by atoms with van der Waals surface area (Å²) in [5, 5.41) is 6.32. The molecule has 4 rings (SSSR count). The molecule has 0 unspecified atom stereocenters. The molecule has 0 fully saturated rings. The highest BCUT2D eigenvalue weighted by atomic mass is 79.9. The summed E-state index contributed by atoms with van der Waals surface area (Å²) in [6, 6.07) is 18.1. The van der Waals surface area contributed by atoms with Crippen LogP contribution in [0, 0.1) is 0 Å². The predicted octanol–water partition coefficient (Wildman–Crippen LogP) is 6.10. The van der Waals surface area contributed by atoms with Crippen molar-refractivity contribution in [2.75, 3.05) is 0 Å². The second kappa shape index (κ2) is 7.20. The van der Waals surface area contributed by atoms with E-state index in [2.05, 4.69) is 44.2 Å². The molecule has 0 radical (unpaired) electrons. The fraction of sp³-hybridized carbons (Fsp3) is 0.0526. The lowest BCUT2D eigenvalue weighted by molar-refractivity contribution is 0.920. The van der Waals surface area contributed by atoms with Gasteiger partial charge in [-0.3, -0.25) is 0 Å². The highest BCUT2D eigenvalue weighted by molar-refractivity contribution is 9.10. The largest absolute Gasteiger partial charge is 0.246 e. The van der Waals surface area contributed by atoms with Crippen LogP contribution in [0.5, 0.6) is 0 Å². The van der Waals surface area contributed by atoms with Crippen LogP contribution in [0.3, 0.4) is 0 Å². The molecule has 4 aromatic rings. The average Bonchev–Trinajstić information content (AvgIpc) is 3.05. The van der Waals surface area contributed by atoms with E-state index in [1.54, 1.807) is 18.0 Å². The van der Waals surface area contributed by atoms with E-state index < -0.39 is 0 Å². The third-order valence-electron chi connectivity index (χ3n) is 3.74. The summed E-state index contributed by atoms with van der Waals surface area (Å²) in [6.07, 6.45) is 3.65. The Labute approximate surface area is 163 Å². The summed E-state index contributed by atoms with van der Waals surface area (Å²) in [7, 11) is 0. The summed E-state index contributed by atoms with van der Waals surface area (Å²) < 4.78 is 2.95.